The average Bonchev–Trinajstić information content (AvgIpc) is 3.30. The number of halogens is 1. The second-order valence-electron chi connectivity index (χ2n) is 7.36. The minimum Gasteiger partial charge on any atom is -0.369 e. The Hall–Kier alpha value is -3.18. The number of anilines is 3. The summed E-state index contributed by atoms with van der Waals surface area (Å²) in [6.07, 6.45) is 6.00. The van der Waals surface area contributed by atoms with Crippen LogP contribution < -0.4 is 21.3 Å². The van der Waals surface area contributed by atoms with E-state index in [0.29, 0.717) is 36.0 Å². The molecule has 31 heavy (non-hydrogen) atoms. The molecule has 0 aliphatic carbocycles. The van der Waals surface area contributed by atoms with Crippen LogP contribution in [-0.2, 0) is 4.79 Å². The summed E-state index contributed by atoms with van der Waals surface area (Å²) in [6.45, 7) is 4.35. The van der Waals surface area contributed by atoms with Crippen molar-refractivity contribution in [1.82, 2.24) is 20.6 Å². The molecule has 0 bridgehead atoms. The molecule has 0 radical (unpaired) electrons. The molecular formula is C23H29FN6O. The Morgan fingerprint density at radius 3 is 3.03 bits per heavy atom. The summed E-state index contributed by atoms with van der Waals surface area (Å²) in [6, 6.07) is 6.10. The first kappa shape index (κ1) is 22.5. The average molecular weight is 425 g/mol. The summed E-state index contributed by atoms with van der Waals surface area (Å²) in [7, 11) is 0. The van der Waals surface area contributed by atoms with Crippen LogP contribution in [0, 0.1) is 17.7 Å². The highest BCUT2D eigenvalue weighted by atomic mass is 19.1. The molecule has 2 aromatic rings. The summed E-state index contributed by atoms with van der Waals surface area (Å²) in [5, 5.41) is 12.4. The molecule has 0 spiro atoms. The maximum absolute atomic E-state index is 13.4. The van der Waals surface area contributed by atoms with Crippen molar-refractivity contribution in [2.45, 2.75) is 45.1 Å². The molecule has 3 rings (SSSR count). The molecule has 4 N–H and O–H groups in total. The van der Waals surface area contributed by atoms with Gasteiger partial charge in [-0.1, -0.05) is 24.8 Å². The second kappa shape index (κ2) is 11.9. The van der Waals surface area contributed by atoms with Gasteiger partial charge in [-0.05, 0) is 50.4 Å². The minimum absolute atomic E-state index is 0.0464. The first-order valence-electron chi connectivity index (χ1n) is 10.8. The number of hydrogen-bond acceptors (Lipinski definition) is 6. The van der Waals surface area contributed by atoms with E-state index in [0.717, 1.165) is 38.8 Å². The molecule has 164 valence electrons. The lowest BCUT2D eigenvalue weighted by Gasteiger charge is -2.10. The van der Waals surface area contributed by atoms with Crippen molar-refractivity contribution in [3.8, 4) is 11.8 Å². The second-order valence-corrected chi connectivity index (χ2v) is 7.36. The minimum atomic E-state index is -0.326. The largest absolute Gasteiger partial charge is 0.369 e. The number of hydrogen-bond donors (Lipinski definition) is 4. The van der Waals surface area contributed by atoms with Gasteiger partial charge < -0.3 is 21.3 Å². The van der Waals surface area contributed by atoms with Gasteiger partial charge >= 0.3 is 0 Å². The van der Waals surface area contributed by atoms with Gasteiger partial charge in [0.25, 0.3) is 0 Å². The molecule has 1 aromatic heterocycles. The zero-order chi connectivity index (χ0) is 21.9. The lowest BCUT2D eigenvalue weighted by molar-refractivity contribution is -0.122. The number of benzene rings is 1. The fourth-order valence-electron chi connectivity index (χ4n) is 3.18. The topological polar surface area (TPSA) is 91.0 Å². The molecule has 1 aliphatic heterocycles. The van der Waals surface area contributed by atoms with E-state index < -0.39 is 0 Å². The predicted octanol–water partition coefficient (Wildman–Crippen LogP) is 3.18. The zero-order valence-corrected chi connectivity index (χ0v) is 17.8. The van der Waals surface area contributed by atoms with E-state index in [1.165, 1.54) is 12.1 Å². The van der Waals surface area contributed by atoms with Gasteiger partial charge in [0.05, 0.1) is 17.8 Å². The third kappa shape index (κ3) is 7.23. The first-order chi connectivity index (χ1) is 15.2. The molecule has 1 atom stereocenters. The molecule has 1 aromatic carbocycles. The molecule has 1 unspecified atom stereocenters. The Bertz CT molecular complexity index is 933. The number of unbranched alkanes of at least 4 members (excludes halogenated alkanes) is 1. The predicted molar refractivity (Wildman–Crippen MR) is 121 cm³/mol. The van der Waals surface area contributed by atoms with Crippen LogP contribution >= 0.6 is 0 Å². The van der Waals surface area contributed by atoms with Crippen LogP contribution in [0.1, 0.15) is 44.6 Å². The highest BCUT2D eigenvalue weighted by Gasteiger charge is 2.20. The van der Waals surface area contributed by atoms with Crippen LogP contribution in [0.5, 0.6) is 0 Å². The van der Waals surface area contributed by atoms with E-state index in [2.05, 4.69) is 50.0 Å². The number of nitrogens with one attached hydrogen (secondary N) is 4. The van der Waals surface area contributed by atoms with Gasteiger partial charge in [0.2, 0.25) is 11.9 Å². The molecule has 1 fully saturated rings. The third-order valence-electron chi connectivity index (χ3n) is 4.79. The molecule has 2 heterocycles. The van der Waals surface area contributed by atoms with Crippen molar-refractivity contribution in [3.63, 3.8) is 0 Å². The Balaban J connectivity index is 1.55. The lowest BCUT2D eigenvalue weighted by atomic mass is 10.2. The van der Waals surface area contributed by atoms with Crippen molar-refractivity contribution in [2.24, 2.45) is 0 Å². The normalized spacial score (nSPS) is 15.1. The lowest BCUT2D eigenvalue weighted by Crippen LogP contribution is -2.40. The van der Waals surface area contributed by atoms with E-state index >= 15 is 0 Å². The van der Waals surface area contributed by atoms with Crippen molar-refractivity contribution in [1.29, 1.82) is 0 Å². The fourth-order valence-corrected chi connectivity index (χ4v) is 3.18. The maximum atomic E-state index is 13.4. The van der Waals surface area contributed by atoms with Crippen LogP contribution in [0.15, 0.2) is 30.5 Å². The van der Waals surface area contributed by atoms with E-state index in [9.17, 15) is 9.18 Å². The summed E-state index contributed by atoms with van der Waals surface area (Å²) in [5.74, 6) is 7.01. The van der Waals surface area contributed by atoms with Crippen molar-refractivity contribution >= 4 is 23.4 Å². The summed E-state index contributed by atoms with van der Waals surface area (Å²) >= 11 is 0. The van der Waals surface area contributed by atoms with Gasteiger partial charge in [-0.3, -0.25) is 4.79 Å². The Morgan fingerprint density at radius 2 is 2.26 bits per heavy atom. The standard InChI is InChI=1S/C23H29FN6O/c1-2-12-26-21-17(8-4-3-5-13-27-22(31)20-11-7-14-25-20)16-28-23(30-21)29-19-10-6-9-18(24)15-19/h6,9-10,15-16,20,25H,2-3,5,7,11-14H2,1H3,(H,27,31)(H2,26,28,29,30). The van der Waals surface area contributed by atoms with Crippen LogP contribution in [-0.4, -0.2) is 41.6 Å². The number of rotatable bonds is 9. The molecule has 8 heteroatoms. The molecular weight excluding hydrogens is 395 g/mol. The van der Waals surface area contributed by atoms with Gasteiger partial charge in [0.1, 0.15) is 11.6 Å². The number of carbonyl (C=O) groups excluding carboxylic acids is 1. The Morgan fingerprint density at radius 1 is 1.35 bits per heavy atom. The summed E-state index contributed by atoms with van der Waals surface area (Å²) in [5.41, 5.74) is 1.28. The van der Waals surface area contributed by atoms with Gasteiger partial charge in [0, 0.05) is 25.2 Å². The third-order valence-corrected chi connectivity index (χ3v) is 4.79. The molecule has 0 saturated carbocycles. The van der Waals surface area contributed by atoms with Gasteiger partial charge in [-0.2, -0.15) is 4.98 Å². The zero-order valence-electron chi connectivity index (χ0n) is 17.8. The Labute approximate surface area is 182 Å². The first-order valence-corrected chi connectivity index (χ1v) is 10.8. The number of aromatic nitrogens is 2. The molecule has 1 amide bonds. The smallest absolute Gasteiger partial charge is 0.237 e. The highest BCUT2D eigenvalue weighted by molar-refractivity contribution is 5.81. The van der Waals surface area contributed by atoms with E-state index in [4.69, 9.17) is 0 Å². The van der Waals surface area contributed by atoms with Gasteiger partial charge in [-0.25, -0.2) is 9.37 Å². The van der Waals surface area contributed by atoms with Crippen LogP contribution in [0.3, 0.4) is 0 Å². The van der Waals surface area contributed by atoms with Crippen LogP contribution in [0.25, 0.3) is 0 Å². The SMILES string of the molecule is CCCNc1nc(Nc2cccc(F)c2)ncc1C#CCCCNC(=O)C1CCCN1. The van der Waals surface area contributed by atoms with Crippen molar-refractivity contribution < 1.29 is 9.18 Å². The van der Waals surface area contributed by atoms with Crippen LogP contribution in [0.4, 0.5) is 21.8 Å². The monoisotopic (exact) mass is 424 g/mol. The Kier molecular flexibility index (Phi) is 8.61. The van der Waals surface area contributed by atoms with Gasteiger partial charge in [0.15, 0.2) is 0 Å². The number of nitrogens with zero attached hydrogens (tertiary/aromatic N) is 2. The van der Waals surface area contributed by atoms with Crippen LogP contribution in [0.2, 0.25) is 0 Å². The van der Waals surface area contributed by atoms with Gasteiger partial charge in [-0.15, -0.1) is 0 Å². The number of amides is 1. The maximum Gasteiger partial charge on any atom is 0.237 e. The molecule has 1 saturated heterocycles. The molecule has 1 aliphatic rings. The highest BCUT2D eigenvalue weighted by Crippen LogP contribution is 2.18. The number of carbonyl (C=O) groups is 1. The van der Waals surface area contributed by atoms with E-state index in [1.807, 2.05) is 0 Å². The van der Waals surface area contributed by atoms with E-state index in [1.54, 1.807) is 18.3 Å². The van der Waals surface area contributed by atoms with Crippen molar-refractivity contribution in [3.05, 3.63) is 41.8 Å². The molecule has 7 nitrogen and oxygen atoms in total. The summed E-state index contributed by atoms with van der Waals surface area (Å²) in [4.78, 5) is 20.8. The quantitative estimate of drug-likeness (QED) is 0.365. The summed E-state index contributed by atoms with van der Waals surface area (Å²) < 4.78 is 13.4. The van der Waals surface area contributed by atoms with E-state index in [-0.39, 0.29) is 17.8 Å². The fraction of sp³-hybridized carbons (Fsp3) is 0.435. The van der Waals surface area contributed by atoms with Crippen molar-refractivity contribution in [2.75, 3.05) is 30.3 Å².